The molecule has 0 N–H and O–H groups in total. The van der Waals surface area contributed by atoms with E-state index in [1.165, 1.54) is 11.7 Å². The van der Waals surface area contributed by atoms with E-state index in [1.54, 1.807) is 6.20 Å². The van der Waals surface area contributed by atoms with Gasteiger partial charge in [-0.3, -0.25) is 0 Å². The van der Waals surface area contributed by atoms with Gasteiger partial charge in [-0.05, 0) is 12.1 Å². The highest BCUT2D eigenvalue weighted by molar-refractivity contribution is 6.99. The highest BCUT2D eigenvalue weighted by Gasteiger charge is 1.96. The Morgan fingerprint density at radius 2 is 2.08 bits per heavy atom. The molecule has 3 nitrogen and oxygen atoms in total. The van der Waals surface area contributed by atoms with Crippen LogP contribution >= 0.6 is 11.7 Å². The SMILES string of the molecule is c1ccc(OCc2cnsn2)cc1. The van der Waals surface area contributed by atoms with Crippen LogP contribution in [0.15, 0.2) is 36.5 Å². The lowest BCUT2D eigenvalue weighted by atomic mass is 10.3. The molecule has 13 heavy (non-hydrogen) atoms. The van der Waals surface area contributed by atoms with Gasteiger partial charge in [0, 0.05) is 0 Å². The van der Waals surface area contributed by atoms with Crippen LogP contribution in [0.3, 0.4) is 0 Å². The normalized spacial score (nSPS) is 9.85. The van der Waals surface area contributed by atoms with Gasteiger partial charge in [0.15, 0.2) is 0 Å². The average Bonchev–Trinajstić information content (AvgIpc) is 2.69. The van der Waals surface area contributed by atoms with Crippen molar-refractivity contribution >= 4 is 11.7 Å². The third kappa shape index (κ3) is 2.26. The minimum absolute atomic E-state index is 0.487. The van der Waals surface area contributed by atoms with Crippen molar-refractivity contribution in [2.24, 2.45) is 0 Å². The molecule has 0 amide bonds. The number of para-hydroxylation sites is 1. The quantitative estimate of drug-likeness (QED) is 0.747. The molecule has 2 aromatic rings. The molecule has 1 aromatic carbocycles. The molecule has 0 aliphatic carbocycles. The predicted octanol–water partition coefficient (Wildman–Crippen LogP) is 2.12. The summed E-state index contributed by atoms with van der Waals surface area (Å²) >= 11 is 1.19. The molecule has 0 saturated heterocycles. The number of aromatic nitrogens is 2. The van der Waals surface area contributed by atoms with Crippen molar-refractivity contribution in [2.45, 2.75) is 6.61 Å². The van der Waals surface area contributed by atoms with Crippen LogP contribution in [0.2, 0.25) is 0 Å². The fraction of sp³-hybridized carbons (Fsp3) is 0.111. The van der Waals surface area contributed by atoms with Crippen LogP contribution in [-0.2, 0) is 6.61 Å². The first-order valence-corrected chi connectivity index (χ1v) is 4.62. The second kappa shape index (κ2) is 4.00. The largest absolute Gasteiger partial charge is 0.487 e. The van der Waals surface area contributed by atoms with Crippen LogP contribution in [-0.4, -0.2) is 8.75 Å². The molecule has 0 fully saturated rings. The first kappa shape index (κ1) is 8.19. The van der Waals surface area contributed by atoms with E-state index < -0.39 is 0 Å². The van der Waals surface area contributed by atoms with Gasteiger partial charge in [-0.2, -0.15) is 8.75 Å². The number of hydrogen-bond acceptors (Lipinski definition) is 4. The average molecular weight is 192 g/mol. The van der Waals surface area contributed by atoms with Crippen LogP contribution in [0, 0.1) is 0 Å². The van der Waals surface area contributed by atoms with Crippen molar-refractivity contribution < 1.29 is 4.74 Å². The molecule has 0 bridgehead atoms. The van der Waals surface area contributed by atoms with Gasteiger partial charge in [-0.1, -0.05) is 18.2 Å². The summed E-state index contributed by atoms with van der Waals surface area (Å²) in [6.45, 7) is 0.487. The zero-order valence-electron chi connectivity index (χ0n) is 6.88. The molecule has 2 rings (SSSR count). The number of rotatable bonds is 3. The monoisotopic (exact) mass is 192 g/mol. The van der Waals surface area contributed by atoms with Crippen molar-refractivity contribution in [3.63, 3.8) is 0 Å². The number of benzene rings is 1. The lowest BCUT2D eigenvalue weighted by Crippen LogP contribution is -1.94. The Hall–Kier alpha value is -1.42. The lowest BCUT2D eigenvalue weighted by molar-refractivity contribution is 0.302. The first-order valence-electron chi connectivity index (χ1n) is 3.89. The fourth-order valence-corrected chi connectivity index (χ4v) is 1.34. The third-order valence-corrected chi connectivity index (χ3v) is 2.05. The van der Waals surface area contributed by atoms with Gasteiger partial charge in [-0.25, -0.2) is 0 Å². The standard InChI is InChI=1S/C9H8N2OS/c1-2-4-9(5-3-1)12-7-8-6-10-13-11-8/h1-6H,7H2. The zero-order valence-corrected chi connectivity index (χ0v) is 7.70. The number of nitrogens with zero attached hydrogens (tertiary/aromatic N) is 2. The molecule has 1 aromatic heterocycles. The topological polar surface area (TPSA) is 35.0 Å². The Balaban J connectivity index is 1.94. The maximum atomic E-state index is 5.45. The molecule has 0 atom stereocenters. The summed E-state index contributed by atoms with van der Waals surface area (Å²) in [4.78, 5) is 0. The van der Waals surface area contributed by atoms with Crippen molar-refractivity contribution in [1.82, 2.24) is 8.75 Å². The van der Waals surface area contributed by atoms with E-state index in [4.69, 9.17) is 4.74 Å². The van der Waals surface area contributed by atoms with Gasteiger partial charge in [-0.15, -0.1) is 0 Å². The number of hydrogen-bond donors (Lipinski definition) is 0. The molecule has 0 radical (unpaired) electrons. The van der Waals surface area contributed by atoms with Crippen molar-refractivity contribution in [3.8, 4) is 5.75 Å². The van der Waals surface area contributed by atoms with Gasteiger partial charge in [0.1, 0.15) is 18.1 Å². The summed E-state index contributed by atoms with van der Waals surface area (Å²) in [5, 5.41) is 0. The summed E-state index contributed by atoms with van der Waals surface area (Å²) in [5.41, 5.74) is 0.869. The van der Waals surface area contributed by atoms with E-state index in [0.29, 0.717) is 6.61 Å². The molecule has 4 heteroatoms. The summed E-state index contributed by atoms with van der Waals surface area (Å²) in [6.07, 6.45) is 1.72. The molecule has 0 aliphatic heterocycles. The maximum Gasteiger partial charge on any atom is 0.133 e. The maximum absolute atomic E-state index is 5.45. The Bertz CT molecular complexity index is 347. The second-order valence-corrected chi connectivity index (χ2v) is 3.06. The van der Waals surface area contributed by atoms with Gasteiger partial charge in [0.2, 0.25) is 0 Å². The first-order chi connectivity index (χ1) is 6.45. The number of ether oxygens (including phenoxy) is 1. The highest BCUT2D eigenvalue weighted by atomic mass is 32.1. The molecule has 1 heterocycles. The third-order valence-electron chi connectivity index (χ3n) is 1.54. The molecule has 0 saturated carbocycles. The summed E-state index contributed by atoms with van der Waals surface area (Å²) in [7, 11) is 0. The van der Waals surface area contributed by atoms with Crippen LogP contribution in [0.1, 0.15) is 5.69 Å². The lowest BCUT2D eigenvalue weighted by Gasteiger charge is -2.01. The van der Waals surface area contributed by atoms with Crippen LogP contribution < -0.4 is 4.74 Å². The minimum Gasteiger partial charge on any atom is -0.487 e. The summed E-state index contributed by atoms with van der Waals surface area (Å²) < 4.78 is 13.4. The Morgan fingerprint density at radius 3 is 2.77 bits per heavy atom. The van der Waals surface area contributed by atoms with E-state index in [0.717, 1.165) is 11.4 Å². The van der Waals surface area contributed by atoms with E-state index in [1.807, 2.05) is 30.3 Å². The van der Waals surface area contributed by atoms with E-state index >= 15 is 0 Å². The molecule has 0 aliphatic rings. The zero-order chi connectivity index (χ0) is 8.93. The van der Waals surface area contributed by atoms with Gasteiger partial charge in [0.05, 0.1) is 17.9 Å². The van der Waals surface area contributed by atoms with E-state index in [2.05, 4.69) is 8.75 Å². The Labute approximate surface area is 80.3 Å². The fourth-order valence-electron chi connectivity index (χ4n) is 0.922. The Morgan fingerprint density at radius 1 is 1.23 bits per heavy atom. The second-order valence-electron chi connectivity index (χ2n) is 2.50. The van der Waals surface area contributed by atoms with Gasteiger partial charge >= 0.3 is 0 Å². The van der Waals surface area contributed by atoms with Gasteiger partial charge in [0.25, 0.3) is 0 Å². The molecule has 66 valence electrons. The molecule has 0 spiro atoms. The van der Waals surface area contributed by atoms with E-state index in [-0.39, 0.29) is 0 Å². The highest BCUT2D eigenvalue weighted by Crippen LogP contribution is 2.10. The summed E-state index contributed by atoms with van der Waals surface area (Å²) in [5.74, 6) is 0.857. The predicted molar refractivity (Wildman–Crippen MR) is 50.7 cm³/mol. The van der Waals surface area contributed by atoms with Crippen molar-refractivity contribution in [2.75, 3.05) is 0 Å². The molecule has 0 unspecified atom stereocenters. The minimum atomic E-state index is 0.487. The van der Waals surface area contributed by atoms with Crippen molar-refractivity contribution in [1.29, 1.82) is 0 Å². The van der Waals surface area contributed by atoms with Gasteiger partial charge < -0.3 is 4.74 Å². The van der Waals surface area contributed by atoms with Crippen LogP contribution in [0.5, 0.6) is 5.75 Å². The van der Waals surface area contributed by atoms with Crippen LogP contribution in [0.4, 0.5) is 0 Å². The summed E-state index contributed by atoms with van der Waals surface area (Å²) in [6, 6.07) is 9.67. The molecular formula is C9H8N2OS. The van der Waals surface area contributed by atoms with Crippen molar-refractivity contribution in [3.05, 3.63) is 42.2 Å². The Kier molecular flexibility index (Phi) is 2.52. The van der Waals surface area contributed by atoms with Crippen LogP contribution in [0.25, 0.3) is 0 Å². The molecular weight excluding hydrogens is 184 g/mol. The van der Waals surface area contributed by atoms with E-state index in [9.17, 15) is 0 Å². The smallest absolute Gasteiger partial charge is 0.133 e.